The van der Waals surface area contributed by atoms with E-state index in [0.717, 1.165) is 11.3 Å². The molecule has 0 spiro atoms. The zero-order valence-electron chi connectivity index (χ0n) is 9.74. The summed E-state index contributed by atoms with van der Waals surface area (Å²) in [5.41, 5.74) is 1.60. The number of rotatable bonds is 2. The molecule has 0 saturated carbocycles. The summed E-state index contributed by atoms with van der Waals surface area (Å²) in [4.78, 5) is 1.63. The van der Waals surface area contributed by atoms with Gasteiger partial charge in [-0.15, -0.1) is 11.3 Å². The fraction of sp³-hybridized carbons (Fsp3) is 0.692. The first-order chi connectivity index (χ1) is 7.84. The van der Waals surface area contributed by atoms with Crippen LogP contribution in [0.2, 0.25) is 0 Å². The van der Waals surface area contributed by atoms with E-state index in [1.54, 1.807) is 10.4 Å². The Hall–Kier alpha value is 0.0100. The van der Waals surface area contributed by atoms with Crippen LogP contribution in [0, 0.1) is 0 Å². The fourth-order valence-corrected chi connectivity index (χ4v) is 5.06. The summed E-state index contributed by atoms with van der Waals surface area (Å²) in [6.07, 6.45) is 5.35. The lowest BCUT2D eigenvalue weighted by Crippen LogP contribution is -2.37. The standard InChI is InChI=1S/C13H19NS2/c1-9-11(6-8-15-9)14-12-3-2-4-13-10(12)5-7-16-13/h5,7,9,11-12,14H,2-4,6,8H2,1H3. The molecule has 1 saturated heterocycles. The van der Waals surface area contributed by atoms with Crippen LogP contribution in [0.4, 0.5) is 0 Å². The van der Waals surface area contributed by atoms with Crippen molar-refractivity contribution >= 4 is 23.1 Å². The lowest BCUT2D eigenvalue weighted by molar-refractivity contribution is 0.395. The molecule has 0 bridgehead atoms. The van der Waals surface area contributed by atoms with Crippen LogP contribution in [0.1, 0.15) is 42.7 Å². The minimum Gasteiger partial charge on any atom is -0.306 e. The fourth-order valence-electron chi connectivity index (χ4n) is 2.87. The van der Waals surface area contributed by atoms with E-state index in [1.165, 1.54) is 31.4 Å². The second kappa shape index (κ2) is 4.71. The number of thiophene rings is 1. The molecule has 88 valence electrons. The molecule has 3 heteroatoms. The smallest absolute Gasteiger partial charge is 0.0334 e. The van der Waals surface area contributed by atoms with Gasteiger partial charge in [-0.1, -0.05) is 6.92 Å². The SMILES string of the molecule is CC1SCCC1NC1CCCc2sccc21. The summed E-state index contributed by atoms with van der Waals surface area (Å²) in [6, 6.07) is 3.71. The van der Waals surface area contributed by atoms with Crippen LogP contribution in [0.15, 0.2) is 11.4 Å². The number of aryl methyl sites for hydroxylation is 1. The van der Waals surface area contributed by atoms with Crippen LogP contribution >= 0.6 is 23.1 Å². The molecule has 16 heavy (non-hydrogen) atoms. The summed E-state index contributed by atoms with van der Waals surface area (Å²) >= 11 is 4.06. The molecule has 0 radical (unpaired) electrons. The van der Waals surface area contributed by atoms with Gasteiger partial charge in [0.1, 0.15) is 0 Å². The Balaban J connectivity index is 1.72. The van der Waals surface area contributed by atoms with Crippen molar-refractivity contribution in [2.75, 3.05) is 5.75 Å². The maximum atomic E-state index is 3.90. The highest BCUT2D eigenvalue weighted by atomic mass is 32.2. The Morgan fingerprint density at radius 2 is 2.31 bits per heavy atom. The van der Waals surface area contributed by atoms with Crippen LogP contribution in [-0.4, -0.2) is 17.0 Å². The van der Waals surface area contributed by atoms with E-state index < -0.39 is 0 Å². The molecule has 1 nitrogen and oxygen atoms in total. The molecule has 1 aliphatic heterocycles. The normalized spacial score (nSPS) is 33.9. The molecule has 1 aromatic rings. The Morgan fingerprint density at radius 3 is 3.12 bits per heavy atom. The lowest BCUT2D eigenvalue weighted by Gasteiger charge is -2.28. The van der Waals surface area contributed by atoms with Gasteiger partial charge in [0, 0.05) is 22.2 Å². The number of hydrogen-bond donors (Lipinski definition) is 1. The molecule has 3 rings (SSSR count). The Labute approximate surface area is 106 Å². The molecule has 0 aromatic carbocycles. The molecule has 0 amide bonds. The van der Waals surface area contributed by atoms with Crippen LogP contribution < -0.4 is 5.32 Å². The van der Waals surface area contributed by atoms with Crippen LogP contribution in [0.5, 0.6) is 0 Å². The maximum Gasteiger partial charge on any atom is 0.0334 e. The van der Waals surface area contributed by atoms with Gasteiger partial charge in [0.2, 0.25) is 0 Å². The average Bonchev–Trinajstić information content (AvgIpc) is 2.89. The van der Waals surface area contributed by atoms with E-state index in [1.807, 2.05) is 11.3 Å². The molecule has 3 atom stereocenters. The van der Waals surface area contributed by atoms with Gasteiger partial charge in [0.25, 0.3) is 0 Å². The zero-order valence-corrected chi connectivity index (χ0v) is 11.4. The summed E-state index contributed by atoms with van der Waals surface area (Å²) in [6.45, 7) is 2.37. The van der Waals surface area contributed by atoms with Gasteiger partial charge in [0.05, 0.1) is 0 Å². The van der Waals surface area contributed by atoms with Crippen molar-refractivity contribution < 1.29 is 0 Å². The van der Waals surface area contributed by atoms with E-state index in [-0.39, 0.29) is 0 Å². The topological polar surface area (TPSA) is 12.0 Å². The highest BCUT2D eigenvalue weighted by molar-refractivity contribution is 8.00. The van der Waals surface area contributed by atoms with E-state index in [0.29, 0.717) is 6.04 Å². The lowest BCUT2D eigenvalue weighted by atomic mass is 9.93. The molecule has 2 heterocycles. The van der Waals surface area contributed by atoms with Crippen molar-refractivity contribution in [1.82, 2.24) is 5.32 Å². The minimum absolute atomic E-state index is 0.640. The molecular formula is C13H19NS2. The Morgan fingerprint density at radius 1 is 1.38 bits per heavy atom. The molecule has 1 N–H and O–H groups in total. The van der Waals surface area contributed by atoms with Crippen LogP contribution in [0.3, 0.4) is 0 Å². The Kier molecular flexibility index (Phi) is 3.27. The van der Waals surface area contributed by atoms with E-state index >= 15 is 0 Å². The number of hydrogen-bond acceptors (Lipinski definition) is 3. The van der Waals surface area contributed by atoms with Crippen LogP contribution in [0.25, 0.3) is 0 Å². The van der Waals surface area contributed by atoms with E-state index in [9.17, 15) is 0 Å². The second-order valence-electron chi connectivity index (χ2n) is 4.88. The van der Waals surface area contributed by atoms with E-state index in [4.69, 9.17) is 0 Å². The van der Waals surface area contributed by atoms with Crippen molar-refractivity contribution in [1.29, 1.82) is 0 Å². The number of thioether (sulfide) groups is 1. The maximum absolute atomic E-state index is 3.90. The molecule has 1 aliphatic carbocycles. The second-order valence-corrected chi connectivity index (χ2v) is 7.37. The number of nitrogens with one attached hydrogen (secondary N) is 1. The van der Waals surface area contributed by atoms with Crippen molar-refractivity contribution in [2.24, 2.45) is 0 Å². The summed E-state index contributed by atoms with van der Waals surface area (Å²) in [7, 11) is 0. The van der Waals surface area contributed by atoms with Gasteiger partial charge >= 0.3 is 0 Å². The zero-order chi connectivity index (χ0) is 11.0. The Bertz CT molecular complexity index is 361. The highest BCUT2D eigenvalue weighted by Gasteiger charge is 2.29. The highest BCUT2D eigenvalue weighted by Crippen LogP contribution is 2.35. The van der Waals surface area contributed by atoms with Crippen molar-refractivity contribution in [2.45, 2.75) is 49.9 Å². The van der Waals surface area contributed by atoms with Gasteiger partial charge in [-0.05, 0) is 48.4 Å². The van der Waals surface area contributed by atoms with Gasteiger partial charge in [0.15, 0.2) is 0 Å². The third-order valence-corrected chi connectivity index (χ3v) is 6.17. The third-order valence-electron chi connectivity index (χ3n) is 3.84. The van der Waals surface area contributed by atoms with Gasteiger partial charge in [-0.2, -0.15) is 11.8 Å². The van der Waals surface area contributed by atoms with Crippen LogP contribution in [-0.2, 0) is 6.42 Å². The quantitative estimate of drug-likeness (QED) is 0.864. The molecule has 3 unspecified atom stereocenters. The average molecular weight is 253 g/mol. The van der Waals surface area contributed by atoms with Crippen molar-refractivity contribution in [3.8, 4) is 0 Å². The van der Waals surface area contributed by atoms with E-state index in [2.05, 4.69) is 35.4 Å². The first-order valence-corrected chi connectivity index (χ1v) is 8.21. The first-order valence-electron chi connectivity index (χ1n) is 6.28. The predicted octanol–water partition coefficient (Wildman–Crippen LogP) is 3.61. The number of fused-ring (bicyclic) bond motifs is 1. The van der Waals surface area contributed by atoms with Gasteiger partial charge < -0.3 is 5.32 Å². The largest absolute Gasteiger partial charge is 0.306 e. The van der Waals surface area contributed by atoms with Crippen molar-refractivity contribution in [3.05, 3.63) is 21.9 Å². The first kappa shape index (κ1) is 11.1. The van der Waals surface area contributed by atoms with Gasteiger partial charge in [-0.25, -0.2) is 0 Å². The minimum atomic E-state index is 0.640. The summed E-state index contributed by atoms with van der Waals surface area (Å²) in [5.74, 6) is 1.34. The molecular weight excluding hydrogens is 234 g/mol. The summed E-state index contributed by atoms with van der Waals surface area (Å²) in [5, 5.41) is 6.95. The van der Waals surface area contributed by atoms with Crippen molar-refractivity contribution in [3.63, 3.8) is 0 Å². The monoisotopic (exact) mass is 253 g/mol. The van der Waals surface area contributed by atoms with Gasteiger partial charge in [-0.3, -0.25) is 0 Å². The summed E-state index contributed by atoms with van der Waals surface area (Å²) < 4.78 is 0. The third kappa shape index (κ3) is 2.05. The predicted molar refractivity (Wildman–Crippen MR) is 73.5 cm³/mol. The molecule has 2 aliphatic rings. The molecule has 1 aromatic heterocycles. The molecule has 1 fully saturated rings.